The highest BCUT2D eigenvalue weighted by Crippen LogP contribution is 2.24. The minimum absolute atomic E-state index is 0. The summed E-state index contributed by atoms with van der Waals surface area (Å²) in [7, 11) is 0. The second-order valence-electron chi connectivity index (χ2n) is 7.52. The van der Waals surface area contributed by atoms with E-state index in [1.165, 1.54) is 5.57 Å². The third-order valence-corrected chi connectivity index (χ3v) is 4.20. The maximum atomic E-state index is 12.4. The first kappa shape index (κ1) is 20.0. The summed E-state index contributed by atoms with van der Waals surface area (Å²) < 4.78 is 0. The largest absolute Gasteiger partial charge is 0.351 e. The van der Waals surface area contributed by atoms with Crippen molar-refractivity contribution < 1.29 is 9.59 Å². The van der Waals surface area contributed by atoms with Crippen molar-refractivity contribution in [2.75, 3.05) is 26.2 Å². The molecule has 0 aromatic carbocycles. The van der Waals surface area contributed by atoms with Gasteiger partial charge in [-0.2, -0.15) is 0 Å². The highest BCUT2D eigenvalue weighted by molar-refractivity contribution is 5.88. The summed E-state index contributed by atoms with van der Waals surface area (Å²) in [5, 5.41) is 6.27. The topological polar surface area (TPSA) is 61.4 Å². The Morgan fingerprint density at radius 1 is 1.39 bits per heavy atom. The van der Waals surface area contributed by atoms with Crippen LogP contribution >= 0.6 is 12.4 Å². The van der Waals surface area contributed by atoms with Gasteiger partial charge in [0.05, 0.1) is 0 Å². The molecule has 2 aliphatic rings. The van der Waals surface area contributed by atoms with Gasteiger partial charge in [-0.1, -0.05) is 32.4 Å². The van der Waals surface area contributed by atoms with Gasteiger partial charge in [0.25, 0.3) is 0 Å². The monoisotopic (exact) mass is 343 g/mol. The van der Waals surface area contributed by atoms with Crippen molar-refractivity contribution in [1.82, 2.24) is 15.5 Å². The van der Waals surface area contributed by atoms with Gasteiger partial charge in [-0.15, -0.1) is 12.4 Å². The lowest BCUT2D eigenvalue weighted by Crippen LogP contribution is -2.47. The molecule has 6 heteroatoms. The van der Waals surface area contributed by atoms with Crippen LogP contribution in [0.15, 0.2) is 11.6 Å². The quantitative estimate of drug-likeness (QED) is 0.766. The Morgan fingerprint density at radius 3 is 2.74 bits per heavy atom. The van der Waals surface area contributed by atoms with Gasteiger partial charge in [-0.3, -0.25) is 9.59 Å². The van der Waals surface area contributed by atoms with Crippen molar-refractivity contribution in [2.45, 2.75) is 52.5 Å². The molecular formula is C17H30ClN3O2. The van der Waals surface area contributed by atoms with Gasteiger partial charge in [0, 0.05) is 26.1 Å². The minimum Gasteiger partial charge on any atom is -0.351 e. The Kier molecular flexibility index (Phi) is 7.55. The number of amides is 2. The van der Waals surface area contributed by atoms with Gasteiger partial charge in [0.2, 0.25) is 11.8 Å². The summed E-state index contributed by atoms with van der Waals surface area (Å²) in [6, 6.07) is -0.280. The first-order chi connectivity index (χ1) is 10.4. The standard InChI is InChI=1S/C17H29N3O2.ClH/c1-17(2,3)11-15(21)20-10-4-5-14(20)16(22)19-12-13-6-8-18-9-7-13;/h6,14,18H,4-5,7-12H2,1-3H3,(H,19,22);1H. The number of hydrogen-bond donors (Lipinski definition) is 2. The van der Waals surface area contributed by atoms with Crippen molar-refractivity contribution in [2.24, 2.45) is 5.41 Å². The van der Waals surface area contributed by atoms with Crippen LogP contribution in [0.4, 0.5) is 0 Å². The minimum atomic E-state index is -0.280. The number of carbonyl (C=O) groups excluding carboxylic acids is 2. The van der Waals surface area contributed by atoms with Gasteiger partial charge in [0.15, 0.2) is 0 Å². The third-order valence-electron chi connectivity index (χ3n) is 4.20. The van der Waals surface area contributed by atoms with E-state index in [0.717, 1.165) is 32.4 Å². The van der Waals surface area contributed by atoms with Gasteiger partial charge < -0.3 is 15.5 Å². The smallest absolute Gasteiger partial charge is 0.243 e. The maximum Gasteiger partial charge on any atom is 0.243 e. The number of halogens is 1. The third kappa shape index (κ3) is 6.15. The SMILES string of the molecule is CC(C)(C)CC(=O)N1CCCC1C(=O)NCC1=CCNCC1.Cl. The highest BCUT2D eigenvalue weighted by atomic mass is 35.5. The van der Waals surface area contributed by atoms with E-state index in [1.54, 1.807) is 4.90 Å². The lowest BCUT2D eigenvalue weighted by atomic mass is 9.91. The van der Waals surface area contributed by atoms with Crippen LogP contribution in [0.5, 0.6) is 0 Å². The van der Waals surface area contributed by atoms with E-state index in [2.05, 4.69) is 37.5 Å². The predicted molar refractivity (Wildman–Crippen MR) is 94.6 cm³/mol. The lowest BCUT2D eigenvalue weighted by Gasteiger charge is -2.27. The number of carbonyl (C=O) groups is 2. The molecule has 5 nitrogen and oxygen atoms in total. The molecule has 1 fully saturated rings. The normalized spacial score (nSPS) is 21.4. The van der Waals surface area contributed by atoms with Crippen LogP contribution in [0.2, 0.25) is 0 Å². The fourth-order valence-electron chi connectivity index (χ4n) is 3.04. The molecular weight excluding hydrogens is 314 g/mol. The van der Waals surface area contributed by atoms with Crippen molar-refractivity contribution in [3.63, 3.8) is 0 Å². The molecule has 132 valence electrons. The molecule has 2 rings (SSSR count). The van der Waals surface area contributed by atoms with Crippen LogP contribution in [0.25, 0.3) is 0 Å². The Balaban J connectivity index is 0.00000264. The molecule has 0 aromatic rings. The predicted octanol–water partition coefficient (Wildman–Crippen LogP) is 1.87. The van der Waals surface area contributed by atoms with Crippen LogP contribution in [-0.4, -0.2) is 48.9 Å². The molecule has 1 atom stereocenters. The number of likely N-dealkylation sites (tertiary alicyclic amines) is 1. The summed E-state index contributed by atoms with van der Waals surface area (Å²) in [6.07, 6.45) is 5.31. The molecule has 2 aliphatic heterocycles. The van der Waals surface area contributed by atoms with E-state index in [9.17, 15) is 9.59 Å². The summed E-state index contributed by atoms with van der Waals surface area (Å²) in [5.74, 6) is 0.102. The first-order valence-electron chi connectivity index (χ1n) is 8.33. The second kappa shape index (κ2) is 8.69. The molecule has 0 bridgehead atoms. The highest BCUT2D eigenvalue weighted by Gasteiger charge is 2.35. The van der Waals surface area contributed by atoms with E-state index in [1.807, 2.05) is 0 Å². The van der Waals surface area contributed by atoms with E-state index in [-0.39, 0.29) is 35.7 Å². The Labute approximate surface area is 145 Å². The van der Waals surface area contributed by atoms with Crippen molar-refractivity contribution in [1.29, 1.82) is 0 Å². The summed E-state index contributed by atoms with van der Waals surface area (Å²) >= 11 is 0. The molecule has 0 radical (unpaired) electrons. The van der Waals surface area contributed by atoms with Crippen molar-refractivity contribution in [3.05, 3.63) is 11.6 Å². The van der Waals surface area contributed by atoms with E-state index in [4.69, 9.17) is 0 Å². The van der Waals surface area contributed by atoms with Crippen LogP contribution in [-0.2, 0) is 9.59 Å². The van der Waals surface area contributed by atoms with Crippen molar-refractivity contribution in [3.8, 4) is 0 Å². The molecule has 2 amide bonds. The van der Waals surface area contributed by atoms with Gasteiger partial charge >= 0.3 is 0 Å². The number of hydrogen-bond acceptors (Lipinski definition) is 3. The van der Waals surface area contributed by atoms with Crippen LogP contribution < -0.4 is 10.6 Å². The average Bonchev–Trinajstić information content (AvgIpc) is 2.93. The number of nitrogens with one attached hydrogen (secondary N) is 2. The van der Waals surface area contributed by atoms with Crippen LogP contribution in [0.3, 0.4) is 0 Å². The van der Waals surface area contributed by atoms with Crippen LogP contribution in [0, 0.1) is 5.41 Å². The first-order valence-corrected chi connectivity index (χ1v) is 8.33. The molecule has 0 aromatic heterocycles. The molecule has 0 spiro atoms. The fraction of sp³-hybridized carbons (Fsp3) is 0.765. The van der Waals surface area contributed by atoms with Crippen LogP contribution in [0.1, 0.15) is 46.5 Å². The van der Waals surface area contributed by atoms with E-state index >= 15 is 0 Å². The van der Waals surface area contributed by atoms with Crippen molar-refractivity contribution >= 4 is 24.2 Å². The zero-order valence-electron chi connectivity index (χ0n) is 14.5. The Hall–Kier alpha value is -1.07. The van der Waals surface area contributed by atoms with Gasteiger partial charge in [-0.05, 0) is 31.2 Å². The fourth-order valence-corrected chi connectivity index (χ4v) is 3.04. The summed E-state index contributed by atoms with van der Waals surface area (Å²) in [6.45, 7) is 9.34. The van der Waals surface area contributed by atoms with Gasteiger partial charge in [-0.25, -0.2) is 0 Å². The Morgan fingerprint density at radius 2 is 2.13 bits per heavy atom. The Bertz CT molecular complexity index is 457. The number of rotatable bonds is 4. The summed E-state index contributed by atoms with van der Waals surface area (Å²) in [4.78, 5) is 26.6. The van der Waals surface area contributed by atoms with E-state index in [0.29, 0.717) is 19.5 Å². The zero-order chi connectivity index (χ0) is 16.2. The molecule has 2 N–H and O–H groups in total. The maximum absolute atomic E-state index is 12.4. The molecule has 1 unspecified atom stereocenters. The molecule has 2 heterocycles. The average molecular weight is 344 g/mol. The summed E-state index contributed by atoms with van der Waals surface area (Å²) in [5.41, 5.74) is 1.23. The second-order valence-corrected chi connectivity index (χ2v) is 7.52. The molecule has 0 saturated carbocycles. The lowest BCUT2D eigenvalue weighted by molar-refractivity contribution is -0.139. The van der Waals surface area contributed by atoms with Gasteiger partial charge in [0.1, 0.15) is 6.04 Å². The molecule has 23 heavy (non-hydrogen) atoms. The zero-order valence-corrected chi connectivity index (χ0v) is 15.3. The number of nitrogens with zero attached hydrogens (tertiary/aromatic N) is 1. The van der Waals surface area contributed by atoms with E-state index < -0.39 is 0 Å². The molecule has 0 aliphatic carbocycles. The molecule has 1 saturated heterocycles.